The molecule has 2 aliphatic heterocycles. The Morgan fingerprint density at radius 1 is 1.24 bits per heavy atom. The van der Waals surface area contributed by atoms with Crippen LogP contribution in [0.4, 0.5) is 5.69 Å². The number of nitrogens with zero attached hydrogens (tertiary/aromatic N) is 2. The summed E-state index contributed by atoms with van der Waals surface area (Å²) in [6.45, 7) is 1.68. The molecule has 2 unspecified atom stereocenters. The van der Waals surface area contributed by atoms with Gasteiger partial charge in [-0.3, -0.25) is 9.59 Å². The van der Waals surface area contributed by atoms with Gasteiger partial charge in [-0.25, -0.2) is 4.98 Å². The molecule has 2 aliphatic rings. The zero-order valence-corrected chi connectivity index (χ0v) is 16.2. The van der Waals surface area contributed by atoms with Gasteiger partial charge in [-0.15, -0.1) is 0 Å². The molecule has 2 fully saturated rings. The minimum atomic E-state index is -0.261. The molecule has 1 N–H and O–H groups in total. The van der Waals surface area contributed by atoms with E-state index in [4.69, 9.17) is 14.2 Å². The summed E-state index contributed by atoms with van der Waals surface area (Å²) < 4.78 is 16.1. The zero-order valence-electron chi connectivity index (χ0n) is 16.2. The Balaban J connectivity index is 1.33. The first kappa shape index (κ1) is 19.2. The van der Waals surface area contributed by atoms with Crippen molar-refractivity contribution < 1.29 is 23.8 Å². The van der Waals surface area contributed by atoms with E-state index in [1.807, 2.05) is 24.3 Å². The van der Waals surface area contributed by atoms with Crippen molar-refractivity contribution in [3.05, 3.63) is 48.2 Å². The number of carbonyl (C=O) groups is 2. The average molecular weight is 397 g/mol. The van der Waals surface area contributed by atoms with Gasteiger partial charge >= 0.3 is 0 Å². The number of nitrogens with one attached hydrogen (secondary N) is 1. The van der Waals surface area contributed by atoms with Gasteiger partial charge in [0.1, 0.15) is 11.9 Å². The monoisotopic (exact) mass is 397 g/mol. The lowest BCUT2D eigenvalue weighted by molar-refractivity contribution is -0.117. The number of ether oxygens (including phenoxy) is 3. The molecule has 8 nitrogen and oxygen atoms in total. The Kier molecular flexibility index (Phi) is 5.62. The third-order valence-corrected chi connectivity index (χ3v) is 5.02. The Hall–Kier alpha value is -3.13. The van der Waals surface area contributed by atoms with Crippen LogP contribution in [-0.2, 0) is 9.53 Å². The van der Waals surface area contributed by atoms with Crippen molar-refractivity contribution in [2.45, 2.75) is 25.0 Å². The van der Waals surface area contributed by atoms with Crippen LogP contribution < -0.4 is 19.7 Å². The first-order valence-corrected chi connectivity index (χ1v) is 9.58. The maximum atomic E-state index is 12.5. The molecule has 2 amide bonds. The number of methoxy groups -OCH3 is 1. The van der Waals surface area contributed by atoms with Crippen molar-refractivity contribution in [1.29, 1.82) is 0 Å². The number of hydrogen-bond acceptors (Lipinski definition) is 6. The van der Waals surface area contributed by atoms with Gasteiger partial charge in [-0.2, -0.15) is 0 Å². The van der Waals surface area contributed by atoms with Gasteiger partial charge in [0.2, 0.25) is 11.8 Å². The van der Waals surface area contributed by atoms with Gasteiger partial charge in [0.05, 0.1) is 31.9 Å². The van der Waals surface area contributed by atoms with Crippen LogP contribution in [-0.4, -0.2) is 55.8 Å². The van der Waals surface area contributed by atoms with Crippen LogP contribution in [0.15, 0.2) is 42.6 Å². The second-order valence-electron chi connectivity index (χ2n) is 7.07. The number of rotatable bonds is 6. The second-order valence-corrected chi connectivity index (χ2v) is 7.07. The Bertz CT molecular complexity index is 863. The molecule has 2 saturated heterocycles. The van der Waals surface area contributed by atoms with Crippen LogP contribution in [0.2, 0.25) is 0 Å². The predicted molar refractivity (Wildman–Crippen MR) is 105 cm³/mol. The van der Waals surface area contributed by atoms with E-state index in [0.717, 1.165) is 17.9 Å². The highest BCUT2D eigenvalue weighted by atomic mass is 16.5. The average Bonchev–Trinajstić information content (AvgIpc) is 3.38. The molecule has 0 bridgehead atoms. The standard InChI is InChI=1S/C21H23N3O5/c1-27-17-5-3-16(4-6-17)24-12-15(10-20(24)25)23-21(26)14-2-7-19(22-11-14)29-18-8-9-28-13-18/h2-7,11,15,18H,8-10,12-13H2,1H3,(H,23,26). The van der Waals surface area contributed by atoms with Crippen molar-refractivity contribution in [3.63, 3.8) is 0 Å². The zero-order chi connectivity index (χ0) is 20.2. The number of benzene rings is 1. The molecule has 2 aromatic rings. The largest absolute Gasteiger partial charge is 0.497 e. The molecule has 1 aromatic heterocycles. The molecular weight excluding hydrogens is 374 g/mol. The lowest BCUT2D eigenvalue weighted by Crippen LogP contribution is -2.37. The fraction of sp³-hybridized carbons (Fsp3) is 0.381. The molecule has 4 rings (SSSR count). The van der Waals surface area contributed by atoms with E-state index in [1.165, 1.54) is 6.20 Å². The minimum absolute atomic E-state index is 0.00983. The number of aromatic nitrogens is 1. The fourth-order valence-electron chi connectivity index (χ4n) is 3.45. The lowest BCUT2D eigenvalue weighted by Gasteiger charge is -2.17. The summed E-state index contributed by atoms with van der Waals surface area (Å²) in [5, 5.41) is 2.91. The lowest BCUT2D eigenvalue weighted by atomic mass is 10.2. The highest BCUT2D eigenvalue weighted by molar-refractivity contribution is 5.98. The van der Waals surface area contributed by atoms with E-state index in [0.29, 0.717) is 31.2 Å². The molecule has 0 saturated carbocycles. The molecule has 1 aromatic carbocycles. The van der Waals surface area contributed by atoms with Gasteiger partial charge in [-0.1, -0.05) is 0 Å². The first-order chi connectivity index (χ1) is 14.1. The topological polar surface area (TPSA) is 90.0 Å². The third kappa shape index (κ3) is 4.48. The van der Waals surface area contributed by atoms with E-state index in [9.17, 15) is 9.59 Å². The summed E-state index contributed by atoms with van der Waals surface area (Å²) in [4.78, 5) is 30.8. The number of anilines is 1. The summed E-state index contributed by atoms with van der Waals surface area (Å²) in [6, 6.07) is 10.4. The van der Waals surface area contributed by atoms with Gasteiger partial charge in [-0.05, 0) is 30.3 Å². The van der Waals surface area contributed by atoms with Gasteiger partial charge < -0.3 is 24.4 Å². The molecule has 3 heterocycles. The molecule has 152 valence electrons. The summed E-state index contributed by atoms with van der Waals surface area (Å²) in [7, 11) is 1.60. The maximum absolute atomic E-state index is 12.5. The van der Waals surface area contributed by atoms with Crippen LogP contribution in [0.3, 0.4) is 0 Å². The molecule has 8 heteroatoms. The molecule has 0 aliphatic carbocycles. The Labute approximate surface area is 168 Å². The smallest absolute Gasteiger partial charge is 0.253 e. The normalized spacial score (nSPS) is 21.3. The second kappa shape index (κ2) is 8.48. The third-order valence-electron chi connectivity index (χ3n) is 5.02. The van der Waals surface area contributed by atoms with Crippen LogP contribution in [0, 0.1) is 0 Å². The molecular formula is C21H23N3O5. The van der Waals surface area contributed by atoms with Gasteiger partial charge in [0.25, 0.3) is 5.91 Å². The van der Waals surface area contributed by atoms with E-state index in [-0.39, 0.29) is 30.4 Å². The number of carbonyl (C=O) groups excluding carboxylic acids is 2. The van der Waals surface area contributed by atoms with Gasteiger partial charge in [0.15, 0.2) is 0 Å². The summed E-state index contributed by atoms with van der Waals surface area (Å²) >= 11 is 0. The van der Waals surface area contributed by atoms with E-state index in [1.54, 1.807) is 24.1 Å². The highest BCUT2D eigenvalue weighted by Gasteiger charge is 2.31. The number of amides is 2. The SMILES string of the molecule is COc1ccc(N2CC(NC(=O)c3ccc(OC4CCOC4)nc3)CC2=O)cc1. The first-order valence-electron chi connectivity index (χ1n) is 9.58. The maximum Gasteiger partial charge on any atom is 0.253 e. The molecule has 2 atom stereocenters. The molecule has 29 heavy (non-hydrogen) atoms. The number of hydrogen-bond donors (Lipinski definition) is 1. The van der Waals surface area contributed by atoms with Crippen molar-refractivity contribution in [2.24, 2.45) is 0 Å². The van der Waals surface area contributed by atoms with E-state index in [2.05, 4.69) is 10.3 Å². The van der Waals surface area contributed by atoms with Crippen molar-refractivity contribution in [2.75, 3.05) is 31.8 Å². The minimum Gasteiger partial charge on any atom is -0.497 e. The quantitative estimate of drug-likeness (QED) is 0.799. The Morgan fingerprint density at radius 2 is 2.07 bits per heavy atom. The van der Waals surface area contributed by atoms with Gasteiger partial charge in [0, 0.05) is 37.3 Å². The van der Waals surface area contributed by atoms with E-state index >= 15 is 0 Å². The van der Waals surface area contributed by atoms with Crippen molar-refractivity contribution in [3.8, 4) is 11.6 Å². The fourth-order valence-corrected chi connectivity index (χ4v) is 3.45. The molecule has 0 spiro atoms. The van der Waals surface area contributed by atoms with Crippen LogP contribution in [0.1, 0.15) is 23.2 Å². The van der Waals surface area contributed by atoms with Crippen LogP contribution >= 0.6 is 0 Å². The van der Waals surface area contributed by atoms with E-state index < -0.39 is 0 Å². The molecule has 0 radical (unpaired) electrons. The number of pyridine rings is 1. The summed E-state index contributed by atoms with van der Waals surface area (Å²) in [5.41, 5.74) is 1.21. The van der Waals surface area contributed by atoms with Crippen LogP contribution in [0.25, 0.3) is 0 Å². The summed E-state index contributed by atoms with van der Waals surface area (Å²) in [6.07, 6.45) is 2.59. The van der Waals surface area contributed by atoms with Crippen molar-refractivity contribution >= 4 is 17.5 Å². The summed E-state index contributed by atoms with van der Waals surface area (Å²) in [5.74, 6) is 0.910. The Morgan fingerprint density at radius 3 is 2.72 bits per heavy atom. The predicted octanol–water partition coefficient (Wildman–Crippen LogP) is 1.79. The van der Waals surface area contributed by atoms with Crippen LogP contribution in [0.5, 0.6) is 11.6 Å². The van der Waals surface area contributed by atoms with Crippen molar-refractivity contribution in [1.82, 2.24) is 10.3 Å². The highest BCUT2D eigenvalue weighted by Crippen LogP contribution is 2.24.